The van der Waals surface area contributed by atoms with Gasteiger partial charge < -0.3 is 39.3 Å². The van der Waals surface area contributed by atoms with Crippen LogP contribution in [0.5, 0.6) is 0 Å². The van der Waals surface area contributed by atoms with Gasteiger partial charge in [-0.3, -0.25) is 28.6 Å². The van der Waals surface area contributed by atoms with Crippen molar-refractivity contribution in [2.45, 2.75) is 126 Å². The first-order valence-corrected chi connectivity index (χ1v) is 22.9. The van der Waals surface area contributed by atoms with Gasteiger partial charge in [0.25, 0.3) is 10.1 Å². The van der Waals surface area contributed by atoms with E-state index in [1.807, 2.05) is 13.8 Å². The van der Waals surface area contributed by atoms with Crippen molar-refractivity contribution in [1.29, 1.82) is 0 Å². The first-order valence-electron chi connectivity index (χ1n) is 18.4. The number of hydrogen-bond donors (Lipinski definition) is 5. The SMILES string of the molecule is CCCCCCCCN(CC(O)CN(CCS(=O)(=O)O)CC(O)CN(CCCCCCCC)C(=O)CC(C(=O)O)S(=O)(=O)[O-])C(=O)CC(C(=O)O)S(=O)(=O)[O-].[Na+].[Na+]. The molecule has 5 N–H and O–H groups in total. The predicted octanol–water partition coefficient (Wildman–Crippen LogP) is -5.94. The zero-order chi connectivity index (χ0) is 42.4. The summed E-state index contributed by atoms with van der Waals surface area (Å²) in [7, 11) is -15.5. The van der Waals surface area contributed by atoms with Gasteiger partial charge in [0.15, 0.2) is 10.5 Å². The Hall–Kier alpha value is -0.510. The maximum atomic E-state index is 13.1. The van der Waals surface area contributed by atoms with Crippen molar-refractivity contribution in [3.05, 3.63) is 0 Å². The average Bonchev–Trinajstić information content (AvgIpc) is 3.04. The van der Waals surface area contributed by atoms with Crippen molar-refractivity contribution >= 4 is 54.1 Å². The minimum Gasteiger partial charge on any atom is -0.747 e. The topological polar surface area (TPSA) is 328 Å². The number of carbonyl (C=O) groups is 4. The molecule has 0 bridgehead atoms. The Kier molecular flexibility index (Phi) is 33.4. The zero-order valence-corrected chi connectivity index (χ0v) is 40.0. The zero-order valence-electron chi connectivity index (χ0n) is 33.6. The van der Waals surface area contributed by atoms with E-state index in [9.17, 15) is 78.5 Å². The number of aliphatic hydroxyl groups is 2. The van der Waals surface area contributed by atoms with Gasteiger partial charge in [0.2, 0.25) is 11.8 Å². The molecular formula is C32H59N3Na2O17S3. The van der Waals surface area contributed by atoms with Crippen LogP contribution in [0.25, 0.3) is 0 Å². The summed E-state index contributed by atoms with van der Waals surface area (Å²) in [5.41, 5.74) is 0. The molecule has 0 aliphatic heterocycles. The normalized spacial score (nSPS) is 14.1. The molecule has 20 nitrogen and oxygen atoms in total. The van der Waals surface area contributed by atoms with Gasteiger partial charge in [0.05, 0.1) is 30.8 Å². The third-order valence-corrected chi connectivity index (χ3v) is 11.5. The van der Waals surface area contributed by atoms with Crippen molar-refractivity contribution < 1.29 is 138 Å². The average molecular weight is 900 g/mol. The summed E-state index contributed by atoms with van der Waals surface area (Å²) in [6.45, 7) is 1.33. The number of unbranched alkanes of at least 4 members (excludes halogenated alkanes) is 10. The number of carbonyl (C=O) groups excluding carboxylic acids is 2. The van der Waals surface area contributed by atoms with E-state index in [4.69, 9.17) is 0 Å². The van der Waals surface area contributed by atoms with Crippen molar-refractivity contribution in [2.75, 3.05) is 51.6 Å². The van der Waals surface area contributed by atoms with E-state index < -0.39 is 128 Å². The van der Waals surface area contributed by atoms with E-state index in [1.165, 1.54) is 0 Å². The Bertz CT molecular complexity index is 1430. The van der Waals surface area contributed by atoms with E-state index in [-0.39, 0.29) is 72.2 Å². The Morgan fingerprint density at radius 3 is 1.14 bits per heavy atom. The summed E-state index contributed by atoms with van der Waals surface area (Å²) in [4.78, 5) is 52.2. The monoisotopic (exact) mass is 899 g/mol. The van der Waals surface area contributed by atoms with Crippen LogP contribution in [-0.2, 0) is 49.5 Å². The molecule has 0 aromatic carbocycles. The van der Waals surface area contributed by atoms with E-state index in [0.29, 0.717) is 25.7 Å². The molecule has 0 radical (unpaired) electrons. The molecule has 0 saturated carbocycles. The van der Waals surface area contributed by atoms with E-state index in [1.54, 1.807) is 0 Å². The molecule has 0 aliphatic rings. The van der Waals surface area contributed by atoms with E-state index in [2.05, 4.69) is 0 Å². The van der Waals surface area contributed by atoms with Crippen molar-refractivity contribution in [3.8, 4) is 0 Å². The second-order valence-corrected chi connectivity index (χ2v) is 18.3. The number of carboxylic acid groups (broad SMARTS) is 2. The summed E-state index contributed by atoms with van der Waals surface area (Å²) in [5.74, 6) is -7.09. The molecule has 2 amide bonds. The van der Waals surface area contributed by atoms with Crippen LogP contribution >= 0.6 is 0 Å². The van der Waals surface area contributed by atoms with Gasteiger partial charge in [0, 0.05) is 45.8 Å². The molecule has 4 atom stereocenters. The molecule has 57 heavy (non-hydrogen) atoms. The maximum absolute atomic E-state index is 13.1. The smallest absolute Gasteiger partial charge is 0.747 e. The summed E-state index contributed by atoms with van der Waals surface area (Å²) in [6, 6.07) is 0. The van der Waals surface area contributed by atoms with Crippen molar-refractivity contribution in [1.82, 2.24) is 14.7 Å². The third-order valence-electron chi connectivity index (χ3n) is 8.70. The number of carboxylic acids is 2. The second kappa shape index (κ2) is 31.4. The number of aliphatic hydroxyl groups excluding tert-OH is 2. The number of rotatable bonds is 33. The largest absolute Gasteiger partial charge is 1.00 e. The van der Waals surface area contributed by atoms with Crippen LogP contribution in [-0.4, -0.2) is 172 Å². The van der Waals surface area contributed by atoms with Gasteiger partial charge in [-0.25, -0.2) is 16.8 Å². The van der Waals surface area contributed by atoms with Crippen LogP contribution in [0.2, 0.25) is 0 Å². The summed E-state index contributed by atoms with van der Waals surface area (Å²) < 4.78 is 102. The number of aliphatic carboxylic acids is 2. The minimum atomic E-state index is -5.44. The van der Waals surface area contributed by atoms with Gasteiger partial charge in [-0.15, -0.1) is 0 Å². The molecule has 0 aromatic heterocycles. The maximum Gasteiger partial charge on any atom is 1.00 e. The molecule has 4 unspecified atom stereocenters. The number of nitrogens with zero attached hydrogens (tertiary/aromatic N) is 3. The van der Waals surface area contributed by atoms with Gasteiger partial charge in [-0.2, -0.15) is 8.42 Å². The van der Waals surface area contributed by atoms with Gasteiger partial charge in [0.1, 0.15) is 20.2 Å². The predicted molar refractivity (Wildman–Crippen MR) is 196 cm³/mol. The first-order chi connectivity index (χ1) is 25.4. The van der Waals surface area contributed by atoms with Crippen molar-refractivity contribution in [3.63, 3.8) is 0 Å². The Morgan fingerprint density at radius 2 is 0.860 bits per heavy atom. The van der Waals surface area contributed by atoms with Gasteiger partial charge in [-0.05, 0) is 12.8 Å². The molecule has 0 heterocycles. The fraction of sp³-hybridized carbons (Fsp3) is 0.875. The number of hydrogen-bond acceptors (Lipinski definition) is 15. The standard InChI is InChI=1S/C32H61N3O17S3.2Na/c1-3-5-7-9-11-13-15-34(29(38)19-27(31(40)41)54(47,48)49)23-25(36)21-33(17-18-53(44,45)46)22-26(37)24-35(16-14-12-10-8-6-4-2)30(39)20-28(32(42)43)55(50,51)52;;/h25-28,36-37H,3-24H2,1-2H3,(H,40,41)(H,42,43)(H,44,45,46)(H,47,48,49)(H,50,51,52);;/q;2*+1/p-2. The summed E-state index contributed by atoms with van der Waals surface area (Å²) in [5, 5.41) is 35.4. The van der Waals surface area contributed by atoms with Crippen LogP contribution < -0.4 is 59.1 Å². The van der Waals surface area contributed by atoms with E-state index >= 15 is 0 Å². The molecule has 0 fully saturated rings. The second-order valence-electron chi connectivity index (χ2n) is 13.6. The molecule has 0 aromatic rings. The third kappa shape index (κ3) is 29.4. The molecule has 0 spiro atoms. The minimum absolute atomic E-state index is 0. The van der Waals surface area contributed by atoms with Crippen LogP contribution in [0, 0.1) is 0 Å². The first kappa shape index (κ1) is 60.8. The quantitative estimate of drug-likeness (QED) is 0.0233. The molecule has 25 heteroatoms. The Labute approximate surface area is 381 Å². The molecule has 0 rings (SSSR count). The van der Waals surface area contributed by atoms with Crippen LogP contribution in [0.1, 0.15) is 104 Å². The van der Waals surface area contributed by atoms with Gasteiger partial charge >= 0.3 is 71.1 Å². The van der Waals surface area contributed by atoms with Gasteiger partial charge in [-0.1, -0.05) is 78.1 Å². The number of amides is 2. The fourth-order valence-electron chi connectivity index (χ4n) is 5.72. The molecule has 324 valence electrons. The molecular weight excluding hydrogens is 841 g/mol. The van der Waals surface area contributed by atoms with E-state index in [0.717, 1.165) is 66.1 Å². The van der Waals surface area contributed by atoms with Crippen molar-refractivity contribution in [2.24, 2.45) is 0 Å². The van der Waals surface area contributed by atoms with Crippen LogP contribution in [0.15, 0.2) is 0 Å². The summed E-state index contributed by atoms with van der Waals surface area (Å²) >= 11 is 0. The molecule has 0 saturated heterocycles. The Balaban J connectivity index is -0.0000146. The van der Waals surface area contributed by atoms with Crippen LogP contribution in [0.4, 0.5) is 0 Å². The fourth-order valence-corrected chi connectivity index (χ4v) is 7.40. The van der Waals surface area contributed by atoms with Crippen LogP contribution in [0.3, 0.4) is 0 Å². The molecule has 0 aliphatic carbocycles. The summed E-state index contributed by atoms with van der Waals surface area (Å²) in [6.07, 6.45) is 3.66. The Morgan fingerprint density at radius 1 is 0.544 bits per heavy atom.